The van der Waals surface area contributed by atoms with E-state index in [4.69, 9.17) is 0 Å². The van der Waals surface area contributed by atoms with E-state index in [2.05, 4.69) is 4.99 Å². The lowest BCUT2D eigenvalue weighted by molar-refractivity contribution is -0.0618. The van der Waals surface area contributed by atoms with E-state index in [1.165, 1.54) is 4.57 Å². The molecule has 1 saturated carbocycles. The maximum Gasteiger partial charge on any atom is 0.449 e. The van der Waals surface area contributed by atoms with Gasteiger partial charge in [0.1, 0.15) is 0 Å². The van der Waals surface area contributed by atoms with Gasteiger partial charge >= 0.3 is 6.18 Å². The number of benzene rings is 2. The lowest BCUT2D eigenvalue weighted by Crippen LogP contribution is -2.32. The summed E-state index contributed by atoms with van der Waals surface area (Å²) in [5.41, 5.74) is 1.79. The summed E-state index contributed by atoms with van der Waals surface area (Å²) in [7, 11) is 0. The highest BCUT2D eigenvalue weighted by Gasteiger charge is 2.40. The molecule has 1 aliphatic rings. The van der Waals surface area contributed by atoms with Gasteiger partial charge in [0.25, 0.3) is 0 Å². The lowest BCUT2D eigenvalue weighted by Gasteiger charge is -2.22. The molecule has 140 valence electrons. The van der Waals surface area contributed by atoms with E-state index in [-0.39, 0.29) is 6.04 Å². The van der Waals surface area contributed by atoms with E-state index in [1.54, 1.807) is 12.1 Å². The lowest BCUT2D eigenvalue weighted by atomic mass is 9.96. The molecule has 2 aromatic carbocycles. The van der Waals surface area contributed by atoms with Crippen molar-refractivity contribution in [3.8, 4) is 11.3 Å². The zero-order valence-corrected chi connectivity index (χ0v) is 14.9. The summed E-state index contributed by atoms with van der Waals surface area (Å²) in [5.74, 6) is -0.811. The first kappa shape index (κ1) is 17.8. The van der Waals surface area contributed by atoms with Crippen molar-refractivity contribution in [2.45, 2.75) is 44.3 Å². The Morgan fingerprint density at radius 3 is 2.26 bits per heavy atom. The van der Waals surface area contributed by atoms with Gasteiger partial charge in [0.15, 0.2) is 0 Å². The summed E-state index contributed by atoms with van der Waals surface area (Å²) in [4.78, 5) is 4.24. The Morgan fingerprint density at radius 2 is 1.56 bits per heavy atom. The molecule has 0 saturated heterocycles. The molecular formula is C22H21F3N2. The monoisotopic (exact) mass is 370 g/mol. The van der Waals surface area contributed by atoms with Crippen LogP contribution in [0, 0.1) is 0 Å². The maximum absolute atomic E-state index is 14.1. The van der Waals surface area contributed by atoms with E-state index in [0.717, 1.165) is 43.1 Å². The molecule has 1 aromatic heterocycles. The van der Waals surface area contributed by atoms with Crippen LogP contribution in [-0.2, 0) is 0 Å². The molecule has 0 unspecified atom stereocenters. The second-order valence-corrected chi connectivity index (χ2v) is 7.03. The third-order valence-corrected chi connectivity index (χ3v) is 5.13. The smallest absolute Gasteiger partial charge is 0.290 e. The third kappa shape index (κ3) is 3.64. The van der Waals surface area contributed by atoms with E-state index in [9.17, 15) is 13.2 Å². The molecule has 1 heterocycles. The van der Waals surface area contributed by atoms with Gasteiger partial charge in [-0.1, -0.05) is 67.8 Å². The first-order valence-corrected chi connectivity index (χ1v) is 9.35. The van der Waals surface area contributed by atoms with Crippen molar-refractivity contribution in [3.63, 3.8) is 0 Å². The van der Waals surface area contributed by atoms with Crippen molar-refractivity contribution in [1.29, 1.82) is 0 Å². The van der Waals surface area contributed by atoms with Crippen LogP contribution < -0.4 is 0 Å². The van der Waals surface area contributed by atoms with Crippen molar-refractivity contribution in [2.24, 2.45) is 4.99 Å². The molecule has 0 spiro atoms. The van der Waals surface area contributed by atoms with Gasteiger partial charge in [0.2, 0.25) is 5.84 Å². The van der Waals surface area contributed by atoms with Crippen LogP contribution >= 0.6 is 0 Å². The van der Waals surface area contributed by atoms with Crippen molar-refractivity contribution >= 4 is 16.7 Å². The first-order valence-electron chi connectivity index (χ1n) is 9.35. The van der Waals surface area contributed by atoms with Crippen LogP contribution in [0.4, 0.5) is 13.2 Å². The number of halogens is 3. The zero-order chi connectivity index (χ0) is 18.9. The van der Waals surface area contributed by atoms with Crippen LogP contribution in [0.5, 0.6) is 0 Å². The number of aliphatic imine (C=N–C) groups is 1. The normalized spacial score (nSPS) is 16.8. The van der Waals surface area contributed by atoms with Crippen molar-refractivity contribution in [1.82, 2.24) is 4.57 Å². The van der Waals surface area contributed by atoms with Gasteiger partial charge in [-0.15, -0.1) is 0 Å². The molecule has 4 rings (SSSR count). The number of hydrogen-bond donors (Lipinski definition) is 0. The predicted octanol–water partition coefficient (Wildman–Crippen LogP) is 6.45. The highest BCUT2D eigenvalue weighted by atomic mass is 19.4. The van der Waals surface area contributed by atoms with E-state index in [1.807, 2.05) is 48.5 Å². The summed E-state index contributed by atoms with van der Waals surface area (Å²) in [6.07, 6.45) is -0.120. The molecule has 0 aliphatic heterocycles. The Labute approximate surface area is 156 Å². The molecule has 0 N–H and O–H groups in total. The van der Waals surface area contributed by atoms with Gasteiger partial charge in [0, 0.05) is 5.39 Å². The second-order valence-electron chi connectivity index (χ2n) is 7.03. The molecule has 0 amide bonds. The fourth-order valence-corrected chi connectivity index (χ4v) is 3.85. The standard InChI is InChI=1S/C22H21F3N2/c23-22(24,25)21(26-18-12-5-2-6-13-18)27-19-14-8-7-11-17(19)15-20(27)16-9-3-1-4-10-16/h1,3-4,7-11,14-15,18H,2,5-6,12-13H2. The summed E-state index contributed by atoms with van der Waals surface area (Å²) in [6.45, 7) is 0. The molecule has 27 heavy (non-hydrogen) atoms. The fourth-order valence-electron chi connectivity index (χ4n) is 3.85. The molecular weight excluding hydrogens is 349 g/mol. The Balaban J connectivity index is 1.95. The minimum Gasteiger partial charge on any atom is -0.290 e. The van der Waals surface area contributed by atoms with Crippen LogP contribution in [0.2, 0.25) is 0 Å². The van der Waals surface area contributed by atoms with E-state index >= 15 is 0 Å². The number of alkyl halides is 3. The Kier molecular flexibility index (Phi) is 4.77. The van der Waals surface area contributed by atoms with Gasteiger partial charge < -0.3 is 0 Å². The Morgan fingerprint density at radius 1 is 0.889 bits per heavy atom. The Hall–Kier alpha value is -2.56. The third-order valence-electron chi connectivity index (χ3n) is 5.13. The quantitative estimate of drug-likeness (QED) is 0.364. The molecule has 2 nitrogen and oxygen atoms in total. The van der Waals surface area contributed by atoms with Gasteiger partial charge in [-0.3, -0.25) is 9.56 Å². The summed E-state index contributed by atoms with van der Waals surface area (Å²) >= 11 is 0. The zero-order valence-electron chi connectivity index (χ0n) is 14.9. The van der Waals surface area contributed by atoms with Crippen molar-refractivity contribution in [3.05, 3.63) is 60.7 Å². The first-order chi connectivity index (χ1) is 13.0. The van der Waals surface area contributed by atoms with Gasteiger partial charge in [-0.05, 0) is 30.5 Å². The van der Waals surface area contributed by atoms with Crippen molar-refractivity contribution < 1.29 is 13.2 Å². The Bertz CT molecular complexity index is 949. The molecule has 0 atom stereocenters. The van der Waals surface area contributed by atoms with Crippen LogP contribution in [0.15, 0.2) is 65.7 Å². The second kappa shape index (κ2) is 7.22. The SMILES string of the molecule is FC(F)(F)C(=NC1CCCCC1)n1c(-c2ccccc2)cc2ccccc21. The van der Waals surface area contributed by atoms with Crippen LogP contribution in [0.25, 0.3) is 22.2 Å². The minimum atomic E-state index is -4.53. The topological polar surface area (TPSA) is 17.3 Å². The number of hydrogen-bond acceptors (Lipinski definition) is 1. The van der Waals surface area contributed by atoms with Crippen LogP contribution in [-0.4, -0.2) is 22.6 Å². The average molecular weight is 370 g/mol. The van der Waals surface area contributed by atoms with Gasteiger partial charge in [-0.25, -0.2) is 0 Å². The van der Waals surface area contributed by atoms with Crippen LogP contribution in [0.3, 0.4) is 0 Å². The number of fused-ring (bicyclic) bond motifs is 1. The molecule has 0 bridgehead atoms. The fraction of sp³-hybridized carbons (Fsp3) is 0.318. The molecule has 5 heteroatoms. The largest absolute Gasteiger partial charge is 0.449 e. The van der Waals surface area contributed by atoms with E-state index < -0.39 is 12.0 Å². The number of aromatic nitrogens is 1. The van der Waals surface area contributed by atoms with Gasteiger partial charge in [0.05, 0.1) is 17.3 Å². The molecule has 1 fully saturated rings. The minimum absolute atomic E-state index is 0.264. The molecule has 0 radical (unpaired) electrons. The predicted molar refractivity (Wildman–Crippen MR) is 103 cm³/mol. The number of rotatable bonds is 2. The summed E-state index contributed by atoms with van der Waals surface area (Å²) in [6, 6.07) is 17.9. The highest BCUT2D eigenvalue weighted by Crippen LogP contribution is 2.33. The number of nitrogens with zero attached hydrogens (tertiary/aromatic N) is 2. The van der Waals surface area contributed by atoms with Crippen molar-refractivity contribution in [2.75, 3.05) is 0 Å². The summed E-state index contributed by atoms with van der Waals surface area (Å²) in [5, 5.41) is 0.775. The molecule has 1 aliphatic carbocycles. The summed E-state index contributed by atoms with van der Waals surface area (Å²) < 4.78 is 43.6. The maximum atomic E-state index is 14.1. The highest BCUT2D eigenvalue weighted by molar-refractivity contribution is 6.03. The average Bonchev–Trinajstić information content (AvgIpc) is 3.06. The van der Waals surface area contributed by atoms with E-state index in [0.29, 0.717) is 11.2 Å². The number of para-hydroxylation sites is 1. The molecule has 3 aromatic rings. The van der Waals surface area contributed by atoms with Gasteiger partial charge in [-0.2, -0.15) is 13.2 Å². The van der Waals surface area contributed by atoms with Crippen LogP contribution in [0.1, 0.15) is 32.1 Å².